The average molecular weight is 341 g/mol. The van der Waals surface area contributed by atoms with Crippen LogP contribution in [0.3, 0.4) is 0 Å². The molecule has 0 radical (unpaired) electrons. The Hall–Kier alpha value is -2.37. The second-order valence-electron chi connectivity index (χ2n) is 6.14. The molecule has 2 N–H and O–H groups in total. The van der Waals surface area contributed by atoms with E-state index in [0.29, 0.717) is 24.5 Å². The smallest absolute Gasteiger partial charge is 0.223 e. The number of hydrogen-bond acceptors (Lipinski definition) is 4. The SMILES string of the molecule is O=C(NC[C@@H](O)c1cccc(Oc2ccccc2)c1)C1CCOCC1. The highest BCUT2D eigenvalue weighted by molar-refractivity contribution is 5.78. The molecule has 0 saturated carbocycles. The summed E-state index contributed by atoms with van der Waals surface area (Å²) in [5.74, 6) is 1.35. The van der Waals surface area contributed by atoms with Crippen LogP contribution in [0.5, 0.6) is 11.5 Å². The van der Waals surface area contributed by atoms with Gasteiger partial charge in [0, 0.05) is 25.7 Å². The number of benzene rings is 2. The molecule has 25 heavy (non-hydrogen) atoms. The Kier molecular flexibility index (Phi) is 6.04. The van der Waals surface area contributed by atoms with E-state index in [9.17, 15) is 9.90 Å². The van der Waals surface area contributed by atoms with Gasteiger partial charge in [0.25, 0.3) is 0 Å². The number of hydrogen-bond donors (Lipinski definition) is 2. The van der Waals surface area contributed by atoms with Crippen LogP contribution in [0.15, 0.2) is 54.6 Å². The molecule has 1 amide bonds. The molecular weight excluding hydrogens is 318 g/mol. The quantitative estimate of drug-likeness (QED) is 0.847. The molecule has 1 heterocycles. The number of nitrogens with one attached hydrogen (secondary N) is 1. The predicted molar refractivity (Wildman–Crippen MR) is 94.5 cm³/mol. The molecule has 2 aromatic carbocycles. The van der Waals surface area contributed by atoms with Crippen LogP contribution in [-0.2, 0) is 9.53 Å². The first-order chi connectivity index (χ1) is 12.2. The maximum atomic E-state index is 12.1. The number of carbonyl (C=O) groups excluding carboxylic acids is 1. The van der Waals surface area contributed by atoms with Gasteiger partial charge in [-0.1, -0.05) is 30.3 Å². The average Bonchev–Trinajstić information content (AvgIpc) is 2.67. The Morgan fingerprint density at radius 3 is 2.60 bits per heavy atom. The van der Waals surface area contributed by atoms with Gasteiger partial charge in [-0.3, -0.25) is 4.79 Å². The molecule has 1 aliphatic heterocycles. The van der Waals surface area contributed by atoms with Gasteiger partial charge in [0.2, 0.25) is 5.91 Å². The number of carbonyl (C=O) groups is 1. The Bertz CT molecular complexity index is 683. The lowest BCUT2D eigenvalue weighted by Crippen LogP contribution is -2.36. The summed E-state index contributed by atoms with van der Waals surface area (Å²) in [7, 11) is 0. The van der Waals surface area contributed by atoms with E-state index in [-0.39, 0.29) is 18.4 Å². The van der Waals surface area contributed by atoms with Crippen LogP contribution in [0, 0.1) is 5.92 Å². The Balaban J connectivity index is 1.55. The zero-order valence-electron chi connectivity index (χ0n) is 14.1. The summed E-state index contributed by atoms with van der Waals surface area (Å²) in [5, 5.41) is 13.2. The minimum absolute atomic E-state index is 0.0148. The predicted octanol–water partition coefficient (Wildman–Crippen LogP) is 3.06. The molecule has 2 aromatic rings. The topological polar surface area (TPSA) is 67.8 Å². The van der Waals surface area contributed by atoms with Crippen molar-refractivity contribution >= 4 is 5.91 Å². The normalized spacial score (nSPS) is 16.2. The van der Waals surface area contributed by atoms with E-state index in [1.54, 1.807) is 6.07 Å². The molecule has 3 rings (SSSR count). The maximum absolute atomic E-state index is 12.1. The number of aliphatic hydroxyl groups is 1. The van der Waals surface area contributed by atoms with Gasteiger partial charge in [-0.05, 0) is 42.7 Å². The third-order valence-corrected chi connectivity index (χ3v) is 4.28. The molecular formula is C20H23NO4. The Morgan fingerprint density at radius 2 is 1.84 bits per heavy atom. The van der Waals surface area contributed by atoms with Gasteiger partial charge in [-0.15, -0.1) is 0 Å². The fraction of sp³-hybridized carbons (Fsp3) is 0.350. The van der Waals surface area contributed by atoms with Gasteiger partial charge in [0.15, 0.2) is 0 Å². The van der Waals surface area contributed by atoms with Crippen molar-refractivity contribution in [1.29, 1.82) is 0 Å². The van der Waals surface area contributed by atoms with Gasteiger partial charge in [-0.2, -0.15) is 0 Å². The maximum Gasteiger partial charge on any atom is 0.223 e. The molecule has 5 nitrogen and oxygen atoms in total. The lowest BCUT2D eigenvalue weighted by molar-refractivity contribution is -0.128. The van der Waals surface area contributed by atoms with Crippen LogP contribution in [0.4, 0.5) is 0 Å². The third-order valence-electron chi connectivity index (χ3n) is 4.28. The summed E-state index contributed by atoms with van der Waals surface area (Å²) in [6.45, 7) is 1.43. The van der Waals surface area contributed by atoms with Crippen molar-refractivity contribution in [1.82, 2.24) is 5.32 Å². The van der Waals surface area contributed by atoms with Crippen molar-refractivity contribution in [3.8, 4) is 11.5 Å². The summed E-state index contributed by atoms with van der Waals surface area (Å²) in [4.78, 5) is 12.1. The molecule has 1 saturated heterocycles. The standard InChI is InChI=1S/C20H23NO4/c22-19(14-21-20(23)15-9-11-24-12-10-15)16-5-4-8-18(13-16)25-17-6-2-1-3-7-17/h1-8,13,15,19,22H,9-12,14H2,(H,21,23)/t19-/m1/s1. The molecule has 5 heteroatoms. The van der Waals surface area contributed by atoms with Crippen molar-refractivity contribution in [3.05, 3.63) is 60.2 Å². The van der Waals surface area contributed by atoms with Gasteiger partial charge >= 0.3 is 0 Å². The second kappa shape index (κ2) is 8.65. The second-order valence-corrected chi connectivity index (χ2v) is 6.14. The summed E-state index contributed by atoms with van der Waals surface area (Å²) < 4.78 is 11.0. The van der Waals surface area contributed by atoms with E-state index in [4.69, 9.17) is 9.47 Å². The number of aliphatic hydroxyl groups excluding tert-OH is 1. The van der Waals surface area contributed by atoms with E-state index >= 15 is 0 Å². The third kappa shape index (κ3) is 5.05. The molecule has 132 valence electrons. The van der Waals surface area contributed by atoms with E-state index < -0.39 is 6.10 Å². The van der Waals surface area contributed by atoms with Crippen molar-refractivity contribution in [3.63, 3.8) is 0 Å². The van der Waals surface area contributed by atoms with Crippen LogP contribution >= 0.6 is 0 Å². The van der Waals surface area contributed by atoms with E-state index in [2.05, 4.69) is 5.32 Å². The van der Waals surface area contributed by atoms with E-state index in [0.717, 1.165) is 18.6 Å². The molecule has 0 unspecified atom stereocenters. The zero-order valence-corrected chi connectivity index (χ0v) is 14.1. The fourth-order valence-electron chi connectivity index (χ4n) is 2.83. The van der Waals surface area contributed by atoms with Crippen LogP contribution < -0.4 is 10.1 Å². The van der Waals surface area contributed by atoms with Crippen molar-refractivity contribution in [2.75, 3.05) is 19.8 Å². The molecule has 1 atom stereocenters. The number of ether oxygens (including phenoxy) is 2. The summed E-state index contributed by atoms with van der Waals surface area (Å²) in [6, 6.07) is 16.8. The minimum Gasteiger partial charge on any atom is -0.457 e. The van der Waals surface area contributed by atoms with Crippen molar-refractivity contribution < 1.29 is 19.4 Å². The van der Waals surface area contributed by atoms with Gasteiger partial charge in [-0.25, -0.2) is 0 Å². The van der Waals surface area contributed by atoms with E-state index in [1.165, 1.54) is 0 Å². The first-order valence-corrected chi connectivity index (χ1v) is 8.59. The first kappa shape index (κ1) is 17.5. The molecule has 1 aliphatic rings. The van der Waals surface area contributed by atoms with Gasteiger partial charge in [0.1, 0.15) is 11.5 Å². The van der Waals surface area contributed by atoms with Crippen LogP contribution in [0.25, 0.3) is 0 Å². The molecule has 0 aliphatic carbocycles. The minimum atomic E-state index is -0.775. The molecule has 0 spiro atoms. The zero-order chi connectivity index (χ0) is 17.5. The fourth-order valence-corrected chi connectivity index (χ4v) is 2.83. The largest absolute Gasteiger partial charge is 0.457 e. The number of para-hydroxylation sites is 1. The highest BCUT2D eigenvalue weighted by Crippen LogP contribution is 2.24. The lowest BCUT2D eigenvalue weighted by atomic mass is 9.99. The lowest BCUT2D eigenvalue weighted by Gasteiger charge is -2.22. The molecule has 0 bridgehead atoms. The summed E-state index contributed by atoms with van der Waals surface area (Å²) in [5.41, 5.74) is 0.709. The monoisotopic (exact) mass is 341 g/mol. The van der Waals surface area contributed by atoms with Crippen LogP contribution in [-0.4, -0.2) is 30.8 Å². The molecule has 1 fully saturated rings. The summed E-state index contributed by atoms with van der Waals surface area (Å²) >= 11 is 0. The van der Waals surface area contributed by atoms with E-state index in [1.807, 2.05) is 48.5 Å². The van der Waals surface area contributed by atoms with Gasteiger partial charge < -0.3 is 19.9 Å². The number of amides is 1. The van der Waals surface area contributed by atoms with Gasteiger partial charge in [0.05, 0.1) is 6.10 Å². The highest BCUT2D eigenvalue weighted by Gasteiger charge is 2.22. The van der Waals surface area contributed by atoms with Crippen LogP contribution in [0.1, 0.15) is 24.5 Å². The highest BCUT2D eigenvalue weighted by atomic mass is 16.5. The van der Waals surface area contributed by atoms with Crippen molar-refractivity contribution in [2.24, 2.45) is 5.92 Å². The van der Waals surface area contributed by atoms with Crippen molar-refractivity contribution in [2.45, 2.75) is 18.9 Å². The Morgan fingerprint density at radius 1 is 1.12 bits per heavy atom. The Labute approximate surface area is 147 Å². The number of rotatable bonds is 6. The first-order valence-electron chi connectivity index (χ1n) is 8.59. The van der Waals surface area contributed by atoms with Crippen LogP contribution in [0.2, 0.25) is 0 Å². The summed E-state index contributed by atoms with van der Waals surface area (Å²) in [6.07, 6.45) is 0.702. The molecule has 0 aromatic heterocycles.